The number of carboxylic acid groups (broad SMARTS) is 1. The topological polar surface area (TPSA) is 83.5 Å². The molecule has 94 valence electrons. The molecular formula is C10H19NO4S. The van der Waals surface area contributed by atoms with Crippen molar-refractivity contribution in [3.63, 3.8) is 0 Å². The van der Waals surface area contributed by atoms with Crippen LogP contribution in [0.15, 0.2) is 0 Å². The Kier molecular flexibility index (Phi) is 3.96. The Morgan fingerprint density at radius 1 is 1.50 bits per heavy atom. The maximum Gasteiger partial charge on any atom is 0.323 e. The van der Waals surface area contributed by atoms with Crippen molar-refractivity contribution in [1.82, 2.24) is 4.72 Å². The molecule has 0 aromatic heterocycles. The molecule has 0 saturated heterocycles. The first-order valence-electron chi connectivity index (χ1n) is 5.54. The fourth-order valence-corrected chi connectivity index (χ4v) is 2.76. The Labute approximate surface area is 96.3 Å². The van der Waals surface area contributed by atoms with E-state index in [0.717, 1.165) is 25.7 Å². The van der Waals surface area contributed by atoms with Gasteiger partial charge >= 0.3 is 5.97 Å². The van der Waals surface area contributed by atoms with Crippen molar-refractivity contribution in [3.8, 4) is 0 Å². The van der Waals surface area contributed by atoms with Gasteiger partial charge in [0.15, 0.2) is 5.25 Å². The molecule has 0 amide bonds. The first-order valence-corrected chi connectivity index (χ1v) is 7.09. The van der Waals surface area contributed by atoms with Crippen LogP contribution in [0.25, 0.3) is 0 Å². The molecule has 0 radical (unpaired) electrons. The number of carbonyl (C=O) groups is 1. The van der Waals surface area contributed by atoms with Crippen molar-refractivity contribution in [2.45, 2.75) is 44.8 Å². The van der Waals surface area contributed by atoms with Crippen LogP contribution in [0.3, 0.4) is 0 Å². The second-order valence-corrected chi connectivity index (χ2v) is 6.68. The maximum atomic E-state index is 11.6. The fourth-order valence-electron chi connectivity index (χ4n) is 1.73. The Morgan fingerprint density at radius 2 is 2.06 bits per heavy atom. The number of nitrogens with one attached hydrogen (secondary N) is 1. The smallest absolute Gasteiger partial charge is 0.323 e. The molecule has 1 atom stereocenters. The highest BCUT2D eigenvalue weighted by Crippen LogP contribution is 2.49. The molecule has 2 N–H and O–H groups in total. The van der Waals surface area contributed by atoms with E-state index in [0.29, 0.717) is 6.54 Å². The largest absolute Gasteiger partial charge is 0.480 e. The van der Waals surface area contributed by atoms with Crippen LogP contribution in [-0.2, 0) is 14.8 Å². The molecule has 16 heavy (non-hydrogen) atoms. The van der Waals surface area contributed by atoms with E-state index in [9.17, 15) is 13.2 Å². The minimum absolute atomic E-state index is 0.0973. The van der Waals surface area contributed by atoms with E-state index in [-0.39, 0.29) is 5.41 Å². The Balaban J connectivity index is 2.52. The van der Waals surface area contributed by atoms with Crippen LogP contribution in [0.1, 0.15) is 39.5 Å². The van der Waals surface area contributed by atoms with Gasteiger partial charge in [0.2, 0.25) is 10.0 Å². The molecule has 1 fully saturated rings. The average Bonchev–Trinajstić information content (AvgIpc) is 2.95. The van der Waals surface area contributed by atoms with Crippen molar-refractivity contribution in [1.29, 1.82) is 0 Å². The van der Waals surface area contributed by atoms with Gasteiger partial charge in [-0.3, -0.25) is 4.79 Å². The number of aliphatic carboxylic acids is 1. The monoisotopic (exact) mass is 249 g/mol. The molecule has 0 heterocycles. The lowest BCUT2D eigenvalue weighted by molar-refractivity contribution is -0.136. The Morgan fingerprint density at radius 3 is 2.44 bits per heavy atom. The quantitative estimate of drug-likeness (QED) is 0.704. The SMILES string of the molecule is CCCC1(CNS(=O)(=O)C(C)C(=O)O)CC1. The summed E-state index contributed by atoms with van der Waals surface area (Å²) in [6.07, 6.45) is 4.09. The highest BCUT2D eigenvalue weighted by atomic mass is 32.2. The zero-order valence-corrected chi connectivity index (χ0v) is 10.5. The van der Waals surface area contributed by atoms with Crippen LogP contribution in [0, 0.1) is 5.41 Å². The first kappa shape index (κ1) is 13.4. The van der Waals surface area contributed by atoms with Crippen molar-refractivity contribution in [2.75, 3.05) is 6.54 Å². The number of carboxylic acids is 1. The highest BCUT2D eigenvalue weighted by molar-refractivity contribution is 7.90. The van der Waals surface area contributed by atoms with Gasteiger partial charge < -0.3 is 5.11 Å². The Hall–Kier alpha value is -0.620. The molecule has 0 aliphatic heterocycles. The van der Waals surface area contributed by atoms with Gasteiger partial charge in [0.25, 0.3) is 0 Å². The van der Waals surface area contributed by atoms with Crippen LogP contribution in [0.2, 0.25) is 0 Å². The summed E-state index contributed by atoms with van der Waals surface area (Å²) in [6.45, 7) is 3.62. The summed E-state index contributed by atoms with van der Waals surface area (Å²) < 4.78 is 25.5. The predicted molar refractivity (Wildman–Crippen MR) is 60.6 cm³/mol. The number of sulfonamides is 1. The van der Waals surface area contributed by atoms with Gasteiger partial charge in [0, 0.05) is 6.54 Å². The molecule has 1 rings (SSSR count). The second kappa shape index (κ2) is 4.71. The van der Waals surface area contributed by atoms with Gasteiger partial charge in [0.1, 0.15) is 0 Å². The minimum Gasteiger partial charge on any atom is -0.480 e. The third-order valence-electron chi connectivity index (χ3n) is 3.20. The van der Waals surface area contributed by atoms with Gasteiger partial charge in [-0.15, -0.1) is 0 Å². The zero-order valence-electron chi connectivity index (χ0n) is 9.69. The summed E-state index contributed by atoms with van der Waals surface area (Å²) >= 11 is 0. The molecule has 1 unspecified atom stereocenters. The zero-order chi connectivity index (χ0) is 12.4. The van der Waals surface area contributed by atoms with Crippen molar-refractivity contribution in [2.24, 2.45) is 5.41 Å². The van der Waals surface area contributed by atoms with Gasteiger partial charge in [-0.1, -0.05) is 13.3 Å². The van der Waals surface area contributed by atoms with Gasteiger partial charge in [-0.2, -0.15) is 0 Å². The van der Waals surface area contributed by atoms with E-state index in [1.54, 1.807) is 0 Å². The summed E-state index contributed by atoms with van der Waals surface area (Å²) in [5.41, 5.74) is 0.0973. The van der Waals surface area contributed by atoms with Crippen LogP contribution in [0.4, 0.5) is 0 Å². The lowest BCUT2D eigenvalue weighted by atomic mass is 10.0. The van der Waals surface area contributed by atoms with E-state index < -0.39 is 21.2 Å². The van der Waals surface area contributed by atoms with Crippen molar-refractivity contribution < 1.29 is 18.3 Å². The lowest BCUT2D eigenvalue weighted by Crippen LogP contribution is -2.40. The summed E-state index contributed by atoms with van der Waals surface area (Å²) in [5.74, 6) is -1.31. The van der Waals surface area contributed by atoms with Gasteiger partial charge in [0.05, 0.1) is 0 Å². The van der Waals surface area contributed by atoms with Crippen molar-refractivity contribution in [3.05, 3.63) is 0 Å². The van der Waals surface area contributed by atoms with E-state index in [1.807, 2.05) is 0 Å². The van der Waals surface area contributed by atoms with Crippen LogP contribution in [0.5, 0.6) is 0 Å². The fraction of sp³-hybridized carbons (Fsp3) is 0.900. The van der Waals surface area contributed by atoms with Crippen LogP contribution in [-0.4, -0.2) is 31.3 Å². The third-order valence-corrected chi connectivity index (χ3v) is 4.88. The molecule has 0 aromatic carbocycles. The summed E-state index contributed by atoms with van der Waals surface area (Å²) in [6, 6.07) is 0. The predicted octanol–water partition coefficient (Wildman–Crippen LogP) is 0.959. The molecule has 0 bridgehead atoms. The summed E-state index contributed by atoms with van der Waals surface area (Å²) in [4.78, 5) is 10.6. The summed E-state index contributed by atoms with van der Waals surface area (Å²) in [5, 5.41) is 7.26. The molecule has 1 aliphatic rings. The first-order chi connectivity index (χ1) is 7.33. The number of hydrogen-bond acceptors (Lipinski definition) is 3. The van der Waals surface area contributed by atoms with E-state index >= 15 is 0 Å². The normalized spacial score (nSPS) is 20.4. The molecular weight excluding hydrogens is 230 g/mol. The van der Waals surface area contributed by atoms with Crippen LogP contribution >= 0.6 is 0 Å². The maximum absolute atomic E-state index is 11.6. The molecule has 5 nitrogen and oxygen atoms in total. The molecule has 0 spiro atoms. The van der Waals surface area contributed by atoms with E-state index in [1.165, 1.54) is 6.92 Å². The number of rotatable bonds is 7. The standard InChI is InChI=1S/C10H19NO4S/c1-3-4-10(5-6-10)7-11-16(14,15)8(2)9(12)13/h8,11H,3-7H2,1-2H3,(H,12,13). The second-order valence-electron chi connectivity index (χ2n) is 4.60. The third kappa shape index (κ3) is 3.18. The van der Waals surface area contributed by atoms with Crippen LogP contribution < -0.4 is 4.72 Å². The average molecular weight is 249 g/mol. The molecule has 6 heteroatoms. The molecule has 1 saturated carbocycles. The number of hydrogen-bond donors (Lipinski definition) is 2. The summed E-state index contributed by atoms with van der Waals surface area (Å²) in [7, 11) is -3.72. The van der Waals surface area contributed by atoms with Gasteiger partial charge in [-0.25, -0.2) is 13.1 Å². The van der Waals surface area contributed by atoms with Crippen molar-refractivity contribution >= 4 is 16.0 Å². The van der Waals surface area contributed by atoms with E-state index in [2.05, 4.69) is 11.6 Å². The highest BCUT2D eigenvalue weighted by Gasteiger charge is 2.42. The van der Waals surface area contributed by atoms with Gasteiger partial charge in [-0.05, 0) is 31.6 Å². The molecule has 1 aliphatic carbocycles. The molecule has 0 aromatic rings. The Bertz CT molecular complexity index is 359. The van der Waals surface area contributed by atoms with E-state index in [4.69, 9.17) is 5.11 Å². The minimum atomic E-state index is -3.72. The lowest BCUT2D eigenvalue weighted by Gasteiger charge is -2.16.